The maximum Gasteiger partial charge on any atom is 0.305 e. The first kappa shape index (κ1) is 14.8. The number of ether oxygens (including phenoxy) is 1. The zero-order valence-corrected chi connectivity index (χ0v) is 10.2. The minimum atomic E-state index is -0.294. The quantitative estimate of drug-likeness (QED) is 0.595. The fourth-order valence-electron chi connectivity index (χ4n) is 1.57. The summed E-state index contributed by atoms with van der Waals surface area (Å²) in [5, 5.41) is 0. The smallest absolute Gasteiger partial charge is 0.305 e. The molecule has 0 amide bonds. The van der Waals surface area contributed by atoms with Gasteiger partial charge in [-0.25, -0.2) is 0 Å². The Hall–Kier alpha value is -1.19. The molecule has 0 spiro atoms. The Labute approximate surface area is 96.4 Å². The third-order valence-electron chi connectivity index (χ3n) is 2.47. The molecule has 0 bridgehead atoms. The van der Waals surface area contributed by atoms with Gasteiger partial charge < -0.3 is 9.53 Å². The molecule has 4 nitrogen and oxygen atoms in total. The van der Waals surface area contributed by atoms with Gasteiger partial charge in [0.2, 0.25) is 0 Å². The summed E-state index contributed by atoms with van der Waals surface area (Å²) in [5.74, 6) is -0.128. The van der Waals surface area contributed by atoms with Crippen LogP contribution in [0.3, 0.4) is 0 Å². The van der Waals surface area contributed by atoms with Crippen LogP contribution in [0.4, 0.5) is 0 Å². The first-order chi connectivity index (χ1) is 7.49. The lowest BCUT2D eigenvalue weighted by Crippen LogP contribution is -2.13. The van der Waals surface area contributed by atoms with Gasteiger partial charge in [0.1, 0.15) is 11.6 Å². The number of rotatable bonds is 8. The minimum Gasteiger partial charge on any atom is -0.469 e. The maximum atomic E-state index is 11.3. The van der Waals surface area contributed by atoms with Crippen LogP contribution in [-0.4, -0.2) is 24.6 Å². The lowest BCUT2D eigenvalue weighted by Gasteiger charge is -2.13. The van der Waals surface area contributed by atoms with E-state index in [4.69, 9.17) is 0 Å². The number of hydrogen-bond donors (Lipinski definition) is 0. The molecule has 0 saturated carbocycles. The van der Waals surface area contributed by atoms with Crippen molar-refractivity contribution in [3.8, 4) is 0 Å². The van der Waals surface area contributed by atoms with Gasteiger partial charge in [0, 0.05) is 25.7 Å². The molecule has 0 aliphatic carbocycles. The van der Waals surface area contributed by atoms with Crippen molar-refractivity contribution in [3.05, 3.63) is 0 Å². The van der Waals surface area contributed by atoms with E-state index in [0.717, 1.165) is 0 Å². The fourth-order valence-corrected chi connectivity index (χ4v) is 1.57. The second kappa shape index (κ2) is 8.02. The number of carbonyl (C=O) groups is 3. The Kier molecular flexibility index (Phi) is 7.42. The lowest BCUT2D eigenvalue weighted by atomic mass is 9.91. The predicted octanol–water partition coefficient (Wildman–Crippen LogP) is 1.90. The molecule has 0 radical (unpaired) electrons. The summed E-state index contributed by atoms with van der Waals surface area (Å²) in [6, 6.07) is 0. The molecule has 0 aliphatic rings. The highest BCUT2D eigenvalue weighted by atomic mass is 16.5. The topological polar surface area (TPSA) is 60.4 Å². The summed E-state index contributed by atoms with van der Waals surface area (Å²) in [7, 11) is 1.33. The Morgan fingerprint density at radius 2 is 1.81 bits per heavy atom. The van der Waals surface area contributed by atoms with E-state index in [1.165, 1.54) is 14.0 Å². The summed E-state index contributed by atoms with van der Waals surface area (Å²) in [6.07, 6.45) is 2.03. The average Bonchev–Trinajstić information content (AvgIpc) is 2.24. The molecule has 1 atom stereocenters. The van der Waals surface area contributed by atoms with Gasteiger partial charge in [-0.2, -0.15) is 0 Å². The molecule has 1 unspecified atom stereocenters. The zero-order valence-electron chi connectivity index (χ0n) is 10.2. The molecule has 4 heteroatoms. The Bertz CT molecular complexity index is 258. The number of methoxy groups -OCH3 is 1. The molecular formula is C12H20O4. The standard InChI is InChI=1S/C12H20O4/c1-4-11(14)8-10(7-9(2)13)5-6-12(15)16-3/h10H,4-8H2,1-3H3. The number of Topliss-reactive ketones (excluding diaryl/α,β-unsaturated/α-hetero) is 2. The molecule has 0 saturated heterocycles. The second-order valence-corrected chi connectivity index (χ2v) is 3.98. The van der Waals surface area contributed by atoms with Crippen LogP contribution in [0, 0.1) is 5.92 Å². The molecule has 0 aromatic rings. The first-order valence-electron chi connectivity index (χ1n) is 5.57. The van der Waals surface area contributed by atoms with Crippen molar-refractivity contribution in [2.75, 3.05) is 7.11 Å². The Morgan fingerprint density at radius 3 is 2.25 bits per heavy atom. The van der Waals surface area contributed by atoms with Crippen LogP contribution >= 0.6 is 0 Å². The van der Waals surface area contributed by atoms with Gasteiger partial charge >= 0.3 is 5.97 Å². The van der Waals surface area contributed by atoms with E-state index in [2.05, 4.69) is 4.74 Å². The third kappa shape index (κ3) is 7.15. The number of ketones is 2. The van der Waals surface area contributed by atoms with E-state index in [1.807, 2.05) is 0 Å². The van der Waals surface area contributed by atoms with E-state index >= 15 is 0 Å². The fraction of sp³-hybridized carbons (Fsp3) is 0.750. The molecule has 0 fully saturated rings. The molecule has 0 aliphatic heterocycles. The summed E-state index contributed by atoms with van der Waals surface area (Å²) in [6.45, 7) is 3.30. The highest BCUT2D eigenvalue weighted by Crippen LogP contribution is 2.17. The number of esters is 1. The largest absolute Gasteiger partial charge is 0.469 e. The van der Waals surface area contributed by atoms with Crippen LogP contribution in [0.25, 0.3) is 0 Å². The third-order valence-corrected chi connectivity index (χ3v) is 2.47. The van der Waals surface area contributed by atoms with Gasteiger partial charge in [-0.05, 0) is 19.3 Å². The van der Waals surface area contributed by atoms with Crippen molar-refractivity contribution in [2.24, 2.45) is 5.92 Å². The lowest BCUT2D eigenvalue weighted by molar-refractivity contribution is -0.141. The van der Waals surface area contributed by atoms with Crippen molar-refractivity contribution in [3.63, 3.8) is 0 Å². The van der Waals surface area contributed by atoms with Crippen molar-refractivity contribution in [2.45, 2.75) is 46.0 Å². The van der Waals surface area contributed by atoms with Crippen molar-refractivity contribution < 1.29 is 19.1 Å². The van der Waals surface area contributed by atoms with Crippen LogP contribution in [0.1, 0.15) is 46.0 Å². The van der Waals surface area contributed by atoms with E-state index in [9.17, 15) is 14.4 Å². The molecule has 0 aromatic heterocycles. The monoisotopic (exact) mass is 228 g/mol. The van der Waals surface area contributed by atoms with Crippen LogP contribution in [0.5, 0.6) is 0 Å². The predicted molar refractivity (Wildman–Crippen MR) is 60.0 cm³/mol. The summed E-state index contributed by atoms with van der Waals surface area (Å²) in [5.41, 5.74) is 0. The molecule has 0 heterocycles. The van der Waals surface area contributed by atoms with Crippen LogP contribution in [0.15, 0.2) is 0 Å². The van der Waals surface area contributed by atoms with Gasteiger partial charge in [0.15, 0.2) is 0 Å². The van der Waals surface area contributed by atoms with Crippen LogP contribution < -0.4 is 0 Å². The van der Waals surface area contributed by atoms with Gasteiger partial charge in [-0.1, -0.05) is 6.92 Å². The van der Waals surface area contributed by atoms with Gasteiger partial charge in [-0.3, -0.25) is 9.59 Å². The summed E-state index contributed by atoms with van der Waals surface area (Å²) in [4.78, 5) is 33.3. The van der Waals surface area contributed by atoms with Crippen molar-refractivity contribution in [1.82, 2.24) is 0 Å². The van der Waals surface area contributed by atoms with Gasteiger partial charge in [0.05, 0.1) is 7.11 Å². The minimum absolute atomic E-state index is 0.0240. The molecule has 0 rings (SSSR count). The second-order valence-electron chi connectivity index (χ2n) is 3.98. The Balaban J connectivity index is 4.14. The van der Waals surface area contributed by atoms with Crippen molar-refractivity contribution in [1.29, 1.82) is 0 Å². The Morgan fingerprint density at radius 1 is 1.19 bits per heavy atom. The van der Waals surface area contributed by atoms with Gasteiger partial charge in [-0.15, -0.1) is 0 Å². The van der Waals surface area contributed by atoms with Gasteiger partial charge in [0.25, 0.3) is 0 Å². The molecule has 92 valence electrons. The highest BCUT2D eigenvalue weighted by molar-refractivity contribution is 5.80. The normalized spacial score (nSPS) is 11.9. The van der Waals surface area contributed by atoms with Crippen LogP contribution in [-0.2, 0) is 19.1 Å². The van der Waals surface area contributed by atoms with Crippen molar-refractivity contribution >= 4 is 17.5 Å². The zero-order chi connectivity index (χ0) is 12.6. The highest BCUT2D eigenvalue weighted by Gasteiger charge is 2.16. The number of hydrogen-bond acceptors (Lipinski definition) is 4. The maximum absolute atomic E-state index is 11.3. The SMILES string of the molecule is CCC(=O)CC(CCC(=O)OC)CC(C)=O. The average molecular weight is 228 g/mol. The first-order valence-corrected chi connectivity index (χ1v) is 5.57. The van der Waals surface area contributed by atoms with E-state index in [-0.39, 0.29) is 29.9 Å². The van der Waals surface area contributed by atoms with E-state index in [0.29, 0.717) is 25.7 Å². The summed E-state index contributed by atoms with van der Waals surface area (Å²) < 4.78 is 4.53. The van der Waals surface area contributed by atoms with E-state index < -0.39 is 0 Å². The van der Waals surface area contributed by atoms with E-state index in [1.54, 1.807) is 6.92 Å². The van der Waals surface area contributed by atoms with Crippen LogP contribution in [0.2, 0.25) is 0 Å². The molecule has 16 heavy (non-hydrogen) atoms. The number of carbonyl (C=O) groups excluding carboxylic acids is 3. The molecule has 0 aromatic carbocycles. The summed E-state index contributed by atoms with van der Waals surface area (Å²) >= 11 is 0. The molecule has 0 N–H and O–H groups in total. The molecular weight excluding hydrogens is 208 g/mol.